The molecule has 0 fully saturated rings. The van der Waals surface area contributed by atoms with E-state index in [0.29, 0.717) is 35.7 Å². The van der Waals surface area contributed by atoms with E-state index in [2.05, 4.69) is 33.8 Å². The molecule has 0 amide bonds. The largest absolute Gasteiger partial charge is 0.493 e. The number of fused-ring (bicyclic) bond motifs is 1. The van der Waals surface area contributed by atoms with Crippen molar-refractivity contribution >= 4 is 11.0 Å². The van der Waals surface area contributed by atoms with E-state index in [4.69, 9.17) is 18.6 Å². The van der Waals surface area contributed by atoms with E-state index >= 15 is 0 Å². The summed E-state index contributed by atoms with van der Waals surface area (Å²) in [6.07, 6.45) is 16.3. The molecule has 2 rings (SSSR count). The lowest BCUT2D eigenvalue weighted by molar-refractivity contribution is 0.303. The highest BCUT2D eigenvalue weighted by molar-refractivity contribution is 5.86. The summed E-state index contributed by atoms with van der Waals surface area (Å²) in [6, 6.07) is 5.51. The van der Waals surface area contributed by atoms with Gasteiger partial charge in [-0.25, -0.2) is 4.79 Å². The summed E-state index contributed by atoms with van der Waals surface area (Å²) in [7, 11) is 1.45. The van der Waals surface area contributed by atoms with Gasteiger partial charge < -0.3 is 18.6 Å². The third kappa shape index (κ3) is 10.2. The summed E-state index contributed by atoms with van der Waals surface area (Å²) >= 11 is 0. The van der Waals surface area contributed by atoms with Gasteiger partial charge >= 0.3 is 5.63 Å². The van der Waals surface area contributed by atoms with Crippen LogP contribution in [0.25, 0.3) is 11.0 Å². The van der Waals surface area contributed by atoms with Gasteiger partial charge in [-0.15, -0.1) is 0 Å². The Morgan fingerprint density at radius 1 is 0.914 bits per heavy atom. The second-order valence-electron chi connectivity index (χ2n) is 9.41. The average Bonchev–Trinajstić information content (AvgIpc) is 2.82. The molecule has 1 heterocycles. The molecule has 194 valence electrons. The molecule has 2 aromatic rings. The minimum Gasteiger partial charge on any atom is -0.493 e. The van der Waals surface area contributed by atoms with Gasteiger partial charge in [-0.1, -0.05) is 69.1 Å². The molecule has 0 N–H and O–H groups in total. The van der Waals surface area contributed by atoms with Crippen LogP contribution >= 0.6 is 0 Å². The Morgan fingerprint density at radius 2 is 1.63 bits per heavy atom. The lowest BCUT2D eigenvalue weighted by Gasteiger charge is -2.12. The maximum Gasteiger partial charge on any atom is 0.383 e. The van der Waals surface area contributed by atoms with Crippen molar-refractivity contribution in [2.24, 2.45) is 0 Å². The Balaban J connectivity index is 1.97. The van der Waals surface area contributed by atoms with Crippen molar-refractivity contribution in [1.82, 2.24) is 0 Å². The number of unbranched alkanes of at least 4 members (excludes halogenated alkanes) is 7. The van der Waals surface area contributed by atoms with Crippen molar-refractivity contribution in [3.63, 3.8) is 0 Å². The first kappa shape index (κ1) is 28.5. The highest BCUT2D eigenvalue weighted by Crippen LogP contribution is 2.34. The van der Waals surface area contributed by atoms with Crippen LogP contribution in [0.2, 0.25) is 0 Å². The molecule has 0 bridgehead atoms. The molecular weight excluding hydrogens is 440 g/mol. The number of methoxy groups -OCH3 is 1. The summed E-state index contributed by atoms with van der Waals surface area (Å²) in [5.74, 6) is 1.18. The molecule has 1 aromatic carbocycles. The van der Waals surface area contributed by atoms with E-state index in [9.17, 15) is 4.79 Å². The van der Waals surface area contributed by atoms with Crippen LogP contribution in [-0.4, -0.2) is 20.3 Å². The van der Waals surface area contributed by atoms with Crippen LogP contribution in [0.5, 0.6) is 17.2 Å². The zero-order valence-corrected chi connectivity index (χ0v) is 22.4. The van der Waals surface area contributed by atoms with Crippen molar-refractivity contribution in [3.8, 4) is 17.2 Å². The lowest BCUT2D eigenvalue weighted by Crippen LogP contribution is -2.08. The van der Waals surface area contributed by atoms with Crippen LogP contribution in [-0.2, 0) is 0 Å². The van der Waals surface area contributed by atoms with Gasteiger partial charge in [-0.3, -0.25) is 0 Å². The van der Waals surface area contributed by atoms with Crippen LogP contribution in [0.1, 0.15) is 91.9 Å². The van der Waals surface area contributed by atoms with Crippen LogP contribution in [0, 0.1) is 0 Å². The minimum absolute atomic E-state index is 0.0840. The smallest absolute Gasteiger partial charge is 0.383 e. The summed E-state index contributed by atoms with van der Waals surface area (Å²) < 4.78 is 22.7. The summed E-state index contributed by atoms with van der Waals surface area (Å²) in [6.45, 7) is 9.55. The monoisotopic (exact) mass is 484 g/mol. The van der Waals surface area contributed by atoms with Gasteiger partial charge in [0.25, 0.3) is 0 Å². The maximum absolute atomic E-state index is 12.5. The van der Waals surface area contributed by atoms with Crippen molar-refractivity contribution in [1.29, 1.82) is 0 Å². The third-order valence-corrected chi connectivity index (χ3v) is 6.01. The van der Waals surface area contributed by atoms with Gasteiger partial charge in [0, 0.05) is 6.07 Å². The standard InChI is InChI=1S/C30H44O5/c1-6-7-8-9-10-11-12-13-20-33-25-17-18-26-27(22-25)35-30(31)29(32-5)28(26)34-21-19-24(4)16-14-15-23(2)3/h15,17-19,22H,6-14,16,20-21H2,1-5H3. The fraction of sp³-hybridized carbons (Fsp3) is 0.567. The molecular formula is C30H44O5. The first-order valence-corrected chi connectivity index (χ1v) is 13.2. The highest BCUT2D eigenvalue weighted by Gasteiger charge is 2.17. The normalized spacial score (nSPS) is 11.5. The molecule has 0 atom stereocenters. The zero-order valence-electron chi connectivity index (χ0n) is 22.4. The van der Waals surface area contributed by atoms with Gasteiger partial charge in [0.05, 0.1) is 19.1 Å². The molecule has 0 radical (unpaired) electrons. The summed E-state index contributed by atoms with van der Waals surface area (Å²) in [5.41, 5.74) is 2.44. The van der Waals surface area contributed by atoms with Crippen LogP contribution < -0.4 is 19.8 Å². The highest BCUT2D eigenvalue weighted by atomic mass is 16.5. The van der Waals surface area contributed by atoms with Crippen LogP contribution in [0.15, 0.2) is 50.7 Å². The van der Waals surface area contributed by atoms with Crippen LogP contribution in [0.3, 0.4) is 0 Å². The minimum atomic E-state index is -0.556. The fourth-order valence-electron chi connectivity index (χ4n) is 3.93. The zero-order chi connectivity index (χ0) is 25.5. The Kier molecular flexibility index (Phi) is 13.1. The molecule has 1 aromatic heterocycles. The number of allylic oxidation sites excluding steroid dienone is 3. The SMILES string of the molecule is CCCCCCCCCCOc1ccc2c(OCC=C(C)CCC=C(C)C)c(OC)c(=O)oc2c1. The fourth-order valence-corrected chi connectivity index (χ4v) is 3.93. The molecule has 0 aliphatic heterocycles. The molecule has 0 aliphatic carbocycles. The van der Waals surface area contributed by atoms with E-state index in [1.165, 1.54) is 63.2 Å². The summed E-state index contributed by atoms with van der Waals surface area (Å²) in [5, 5.41) is 0.691. The Bertz CT molecular complexity index is 1010. The van der Waals surface area contributed by atoms with Crippen molar-refractivity contribution in [3.05, 3.63) is 51.9 Å². The second-order valence-corrected chi connectivity index (χ2v) is 9.41. The molecule has 0 unspecified atom stereocenters. The molecule has 0 spiro atoms. The molecule has 0 saturated carbocycles. The number of hydrogen-bond donors (Lipinski definition) is 0. The number of ether oxygens (including phenoxy) is 3. The lowest BCUT2D eigenvalue weighted by atomic mass is 10.1. The Labute approximate surface area is 211 Å². The first-order chi connectivity index (χ1) is 17.0. The Hall–Kier alpha value is -2.69. The van der Waals surface area contributed by atoms with Gasteiger partial charge in [0.2, 0.25) is 5.75 Å². The van der Waals surface area contributed by atoms with Gasteiger partial charge in [-0.2, -0.15) is 0 Å². The van der Waals surface area contributed by atoms with Gasteiger partial charge in [0.1, 0.15) is 17.9 Å². The maximum atomic E-state index is 12.5. The van der Waals surface area contributed by atoms with Crippen LogP contribution in [0.4, 0.5) is 0 Å². The molecule has 5 heteroatoms. The van der Waals surface area contributed by atoms with Crippen molar-refractivity contribution in [2.45, 2.75) is 91.9 Å². The van der Waals surface area contributed by atoms with E-state index in [0.717, 1.165) is 19.3 Å². The molecule has 0 aliphatic rings. The number of rotatable bonds is 17. The van der Waals surface area contributed by atoms with E-state index in [-0.39, 0.29) is 5.75 Å². The molecule has 0 saturated heterocycles. The third-order valence-electron chi connectivity index (χ3n) is 6.01. The number of hydrogen-bond acceptors (Lipinski definition) is 5. The second kappa shape index (κ2) is 16.1. The predicted molar refractivity (Wildman–Crippen MR) is 145 cm³/mol. The van der Waals surface area contributed by atoms with E-state index < -0.39 is 5.63 Å². The van der Waals surface area contributed by atoms with Crippen molar-refractivity contribution in [2.75, 3.05) is 20.3 Å². The topological polar surface area (TPSA) is 57.9 Å². The first-order valence-electron chi connectivity index (χ1n) is 13.2. The van der Waals surface area contributed by atoms with Crippen molar-refractivity contribution < 1.29 is 18.6 Å². The summed E-state index contributed by atoms with van der Waals surface area (Å²) in [4.78, 5) is 12.5. The van der Waals surface area contributed by atoms with Gasteiger partial charge in [0.15, 0.2) is 5.75 Å². The average molecular weight is 485 g/mol. The van der Waals surface area contributed by atoms with E-state index in [1.807, 2.05) is 18.2 Å². The molecule has 35 heavy (non-hydrogen) atoms. The van der Waals surface area contributed by atoms with Gasteiger partial charge in [-0.05, 0) is 58.2 Å². The van der Waals surface area contributed by atoms with E-state index in [1.54, 1.807) is 6.07 Å². The number of benzene rings is 1. The Morgan fingerprint density at radius 3 is 2.31 bits per heavy atom. The predicted octanol–water partition coefficient (Wildman–Crippen LogP) is 8.39. The quantitative estimate of drug-likeness (QED) is 0.128. The molecule has 5 nitrogen and oxygen atoms in total.